The molecule has 0 aliphatic carbocycles. The molecule has 0 spiro atoms. The lowest BCUT2D eigenvalue weighted by atomic mass is 10.0. The van der Waals surface area contributed by atoms with Gasteiger partial charge in [-0.15, -0.1) is 0 Å². The van der Waals surface area contributed by atoms with E-state index >= 15 is 0 Å². The number of hydrogen-bond acceptors (Lipinski definition) is 5. The number of carbonyl (C=O) groups is 2. The van der Waals surface area contributed by atoms with Gasteiger partial charge in [0.05, 0.1) is 10.0 Å². The Morgan fingerprint density at radius 2 is 1.55 bits per heavy atom. The van der Waals surface area contributed by atoms with Crippen LogP contribution in [0.1, 0.15) is 38.3 Å². The number of hydrogen-bond donors (Lipinski definition) is 1. The van der Waals surface area contributed by atoms with Crippen LogP contribution >= 0.6 is 23.2 Å². The van der Waals surface area contributed by atoms with Gasteiger partial charge in [0.1, 0.15) is 0 Å². The zero-order valence-electron chi connectivity index (χ0n) is 22.9. The van der Waals surface area contributed by atoms with Crippen LogP contribution < -0.4 is 9.62 Å². The second kappa shape index (κ2) is 14.6. The quantitative estimate of drug-likeness (QED) is 0.300. The van der Waals surface area contributed by atoms with Crippen molar-refractivity contribution in [1.82, 2.24) is 15.1 Å². The van der Waals surface area contributed by atoms with E-state index < -0.39 is 11.3 Å². The Morgan fingerprint density at radius 3 is 2.12 bits per heavy atom. The molecular weight excluding hydrogens is 571 g/mol. The summed E-state index contributed by atoms with van der Waals surface area (Å²) in [5.74, 6) is -0.382. The van der Waals surface area contributed by atoms with Crippen molar-refractivity contribution >= 4 is 52.0 Å². The first kappa shape index (κ1) is 31.6. The molecule has 8 nitrogen and oxygen atoms in total. The van der Waals surface area contributed by atoms with Crippen molar-refractivity contribution in [3.05, 3.63) is 99.0 Å². The Hall–Kier alpha value is -2.95. The number of anilines is 1. The predicted molar refractivity (Wildman–Crippen MR) is 161 cm³/mol. The summed E-state index contributed by atoms with van der Waals surface area (Å²) in [6, 6.07) is 19.0. The first-order valence-corrected chi connectivity index (χ1v) is 14.4. The summed E-state index contributed by atoms with van der Waals surface area (Å²) >= 11 is 10.0. The maximum atomic E-state index is 12.7. The topological polar surface area (TPSA) is 96.0 Å². The van der Waals surface area contributed by atoms with Crippen LogP contribution in [-0.4, -0.2) is 71.2 Å². The highest BCUT2D eigenvalue weighted by Crippen LogP contribution is 2.28. The molecule has 3 aromatic carbocycles. The monoisotopic (exact) mass is 603 g/mol. The van der Waals surface area contributed by atoms with Crippen molar-refractivity contribution in [2.45, 2.75) is 25.4 Å². The number of benzene rings is 3. The van der Waals surface area contributed by atoms with Crippen molar-refractivity contribution in [1.29, 1.82) is 0 Å². The minimum atomic E-state index is -2.50. The average Bonchev–Trinajstić information content (AvgIpc) is 2.93. The Bertz CT molecular complexity index is 1330. The van der Waals surface area contributed by atoms with Crippen molar-refractivity contribution in [2.24, 2.45) is 0 Å². The minimum absolute atomic E-state index is 0.0159. The van der Waals surface area contributed by atoms with Gasteiger partial charge in [-0.25, -0.2) is 0 Å². The number of nitrogens with zero attached hydrogens (tertiary/aromatic N) is 3. The third kappa shape index (κ3) is 8.52. The lowest BCUT2D eigenvalue weighted by molar-refractivity contribution is 0.0827. The second-order valence-electron chi connectivity index (χ2n) is 9.77. The van der Waals surface area contributed by atoms with Crippen molar-refractivity contribution in [2.75, 3.05) is 39.0 Å². The largest absolute Gasteiger partial charge is 0.755 e. The fourth-order valence-electron chi connectivity index (χ4n) is 4.15. The number of halogens is 2. The van der Waals surface area contributed by atoms with E-state index in [9.17, 15) is 18.4 Å². The van der Waals surface area contributed by atoms with Crippen LogP contribution in [0.3, 0.4) is 0 Å². The Morgan fingerprint density at radius 1 is 0.925 bits per heavy atom. The Labute approximate surface area is 248 Å². The van der Waals surface area contributed by atoms with Gasteiger partial charge in [0.2, 0.25) is 0 Å². The standard InChI is InChI=1S/C29H34Cl2N4O4S/c1-33(2)25(18-23-6-5-7-26(30)27(23)31)16-17-35(40(38)39)24-14-12-21(13-15-24)28(36)32-19-20-8-10-22(11-9-20)29(37)34(3)4/h5-15,25H,16-19H2,1-4H3,(H,32,36)(H,38,39)/p-1. The third-order valence-electron chi connectivity index (χ3n) is 6.54. The molecule has 214 valence electrons. The molecule has 1 N–H and O–H groups in total. The van der Waals surface area contributed by atoms with Crippen LogP contribution in [0.15, 0.2) is 66.7 Å². The summed E-state index contributed by atoms with van der Waals surface area (Å²) in [5.41, 5.74) is 3.19. The Kier molecular flexibility index (Phi) is 11.5. The van der Waals surface area contributed by atoms with Crippen LogP contribution in [0.5, 0.6) is 0 Å². The molecule has 0 aromatic heterocycles. The van der Waals surface area contributed by atoms with Crippen molar-refractivity contribution in [3.63, 3.8) is 0 Å². The molecular formula is C29H33Cl2N4O4S-. The highest BCUT2D eigenvalue weighted by molar-refractivity contribution is 7.80. The smallest absolute Gasteiger partial charge is 0.253 e. The van der Waals surface area contributed by atoms with Crippen LogP contribution in [0.2, 0.25) is 10.0 Å². The van der Waals surface area contributed by atoms with Gasteiger partial charge in [0.15, 0.2) is 0 Å². The van der Waals surface area contributed by atoms with E-state index in [4.69, 9.17) is 23.2 Å². The van der Waals surface area contributed by atoms with Crippen LogP contribution in [0, 0.1) is 0 Å². The van der Waals surface area contributed by atoms with Crippen LogP contribution in [0.4, 0.5) is 5.69 Å². The second-order valence-corrected chi connectivity index (χ2v) is 11.4. The van der Waals surface area contributed by atoms with E-state index in [0.29, 0.717) is 39.7 Å². The molecule has 11 heteroatoms. The maximum Gasteiger partial charge on any atom is 0.253 e. The maximum absolute atomic E-state index is 12.7. The molecule has 0 bridgehead atoms. The van der Waals surface area contributed by atoms with Gasteiger partial charge in [-0.1, -0.05) is 47.5 Å². The van der Waals surface area contributed by atoms with Crippen LogP contribution in [0.25, 0.3) is 0 Å². The minimum Gasteiger partial charge on any atom is -0.755 e. The molecule has 0 aliphatic heterocycles. The molecule has 0 heterocycles. The fraction of sp³-hybridized carbons (Fsp3) is 0.310. The van der Waals surface area contributed by atoms with Crippen molar-refractivity contribution in [3.8, 4) is 0 Å². The van der Waals surface area contributed by atoms with Gasteiger partial charge < -0.3 is 24.0 Å². The molecule has 3 aromatic rings. The highest BCUT2D eigenvalue weighted by atomic mass is 35.5. The van der Waals surface area contributed by atoms with Crippen molar-refractivity contribution < 1.29 is 18.4 Å². The Balaban J connectivity index is 1.61. The van der Waals surface area contributed by atoms with Gasteiger partial charge in [-0.05, 0) is 80.5 Å². The van der Waals surface area contributed by atoms with Gasteiger partial charge >= 0.3 is 0 Å². The molecule has 0 radical (unpaired) electrons. The van der Waals surface area contributed by atoms with Gasteiger partial charge in [0.25, 0.3) is 11.8 Å². The van der Waals surface area contributed by atoms with Gasteiger partial charge in [-0.3, -0.25) is 13.8 Å². The summed E-state index contributed by atoms with van der Waals surface area (Å²) in [6.07, 6.45) is 1.16. The first-order chi connectivity index (χ1) is 19.0. The fourth-order valence-corrected chi connectivity index (χ4v) is 5.09. The summed E-state index contributed by atoms with van der Waals surface area (Å²) in [6.45, 7) is 0.533. The third-order valence-corrected chi connectivity index (χ3v) is 8.15. The number of nitrogens with one attached hydrogen (secondary N) is 1. The van der Waals surface area contributed by atoms with E-state index in [-0.39, 0.29) is 30.9 Å². The lowest BCUT2D eigenvalue weighted by Crippen LogP contribution is -2.36. The lowest BCUT2D eigenvalue weighted by Gasteiger charge is -2.31. The predicted octanol–water partition coefficient (Wildman–Crippen LogP) is 4.79. The van der Waals surface area contributed by atoms with Gasteiger partial charge in [0, 0.05) is 61.3 Å². The highest BCUT2D eigenvalue weighted by Gasteiger charge is 2.18. The van der Waals surface area contributed by atoms with E-state index in [0.717, 1.165) is 11.1 Å². The molecule has 0 saturated carbocycles. The molecule has 0 aliphatic rings. The molecule has 0 fully saturated rings. The molecule has 2 amide bonds. The first-order valence-electron chi connectivity index (χ1n) is 12.6. The number of carbonyl (C=O) groups excluding carboxylic acids is 2. The molecule has 3 rings (SSSR count). The molecule has 2 atom stereocenters. The molecule has 0 saturated heterocycles. The average molecular weight is 605 g/mol. The summed E-state index contributed by atoms with van der Waals surface area (Å²) in [7, 11) is 7.25. The summed E-state index contributed by atoms with van der Waals surface area (Å²) < 4.78 is 25.5. The number of rotatable bonds is 12. The molecule has 40 heavy (non-hydrogen) atoms. The van der Waals surface area contributed by atoms with E-state index in [2.05, 4.69) is 5.32 Å². The zero-order chi connectivity index (χ0) is 29.4. The zero-order valence-corrected chi connectivity index (χ0v) is 25.2. The SMILES string of the molecule is CN(C)C(=O)c1ccc(CNC(=O)c2ccc(N(CCC(Cc3cccc(Cl)c3Cl)N(C)C)S(=O)[O-])cc2)cc1. The summed E-state index contributed by atoms with van der Waals surface area (Å²) in [4.78, 5) is 28.2. The summed E-state index contributed by atoms with van der Waals surface area (Å²) in [5, 5.41) is 3.84. The normalized spacial score (nSPS) is 12.6. The van der Waals surface area contributed by atoms with Crippen LogP contribution in [-0.2, 0) is 24.2 Å². The van der Waals surface area contributed by atoms with E-state index in [1.54, 1.807) is 68.7 Å². The number of amides is 2. The van der Waals surface area contributed by atoms with E-state index in [1.165, 1.54) is 9.21 Å². The van der Waals surface area contributed by atoms with Gasteiger partial charge in [-0.2, -0.15) is 0 Å². The van der Waals surface area contributed by atoms with E-state index in [1.807, 2.05) is 31.1 Å². The molecule has 2 unspecified atom stereocenters. The number of likely N-dealkylation sites (N-methyl/N-ethyl adjacent to an activating group) is 1.